The number of hydrogen-bond acceptors (Lipinski definition) is 3. The van der Waals surface area contributed by atoms with E-state index in [2.05, 4.69) is 40.5 Å². The summed E-state index contributed by atoms with van der Waals surface area (Å²) in [5.41, 5.74) is 2.36. The number of aromatic nitrogens is 1. The maximum atomic E-state index is 5.91. The number of ether oxygens (including phenoxy) is 1. The van der Waals surface area contributed by atoms with Crippen LogP contribution in [0.15, 0.2) is 47.6 Å². The first-order valence-electron chi connectivity index (χ1n) is 8.87. The van der Waals surface area contributed by atoms with Gasteiger partial charge in [0.2, 0.25) is 0 Å². The molecule has 1 heterocycles. The topological polar surface area (TPSA) is 58.5 Å². The third-order valence-corrected chi connectivity index (χ3v) is 4.14. The largest absolute Gasteiger partial charge is 0.491 e. The number of nitrogens with zero attached hydrogens (tertiary/aromatic N) is 2. The van der Waals surface area contributed by atoms with Gasteiger partial charge in [-0.3, -0.25) is 4.99 Å². The molecule has 27 heavy (non-hydrogen) atoms. The summed E-state index contributed by atoms with van der Waals surface area (Å²) in [6, 6.07) is 12.0. The van der Waals surface area contributed by atoms with Crippen LogP contribution in [0.3, 0.4) is 0 Å². The Morgan fingerprint density at radius 1 is 1.15 bits per heavy atom. The Morgan fingerprint density at radius 2 is 1.89 bits per heavy atom. The van der Waals surface area contributed by atoms with Gasteiger partial charge in [0.05, 0.1) is 6.54 Å². The lowest BCUT2D eigenvalue weighted by atomic mass is 10.0. The Balaban J connectivity index is 0.00000364. The number of nitrogens with one attached hydrogen (secondary N) is 2. The molecule has 0 unspecified atom stereocenters. The Bertz CT molecular complexity index is 707. The van der Waals surface area contributed by atoms with Crippen LogP contribution >= 0.6 is 35.6 Å². The van der Waals surface area contributed by atoms with Crippen LogP contribution in [-0.4, -0.2) is 37.7 Å². The predicted octanol–water partition coefficient (Wildman–Crippen LogP) is 4.26. The molecule has 7 heteroatoms. The number of para-hydroxylation sites is 1. The normalized spacial score (nSPS) is 11.1. The van der Waals surface area contributed by atoms with Gasteiger partial charge in [-0.15, -0.1) is 24.0 Å². The van der Waals surface area contributed by atoms with Gasteiger partial charge in [0.25, 0.3) is 0 Å². The third kappa shape index (κ3) is 8.34. The summed E-state index contributed by atoms with van der Waals surface area (Å²) in [6.07, 6.45) is 2.64. The number of rotatable bonds is 8. The van der Waals surface area contributed by atoms with Crippen molar-refractivity contribution in [2.45, 2.75) is 26.2 Å². The summed E-state index contributed by atoms with van der Waals surface area (Å²) >= 11 is 5.79. The minimum absolute atomic E-state index is 0. The van der Waals surface area contributed by atoms with E-state index in [4.69, 9.17) is 16.3 Å². The van der Waals surface area contributed by atoms with Gasteiger partial charge in [0.1, 0.15) is 17.5 Å². The zero-order valence-corrected chi connectivity index (χ0v) is 19.1. The fraction of sp³-hybridized carbons (Fsp3) is 0.400. The average molecular weight is 503 g/mol. The molecule has 0 amide bonds. The number of pyridine rings is 1. The highest BCUT2D eigenvalue weighted by molar-refractivity contribution is 14.0. The second kappa shape index (κ2) is 12.8. The fourth-order valence-corrected chi connectivity index (χ4v) is 2.63. The first-order valence-corrected chi connectivity index (χ1v) is 9.24. The van der Waals surface area contributed by atoms with Gasteiger partial charge in [-0.25, -0.2) is 4.98 Å². The van der Waals surface area contributed by atoms with Crippen LogP contribution in [0.2, 0.25) is 5.15 Å². The monoisotopic (exact) mass is 502 g/mol. The average Bonchev–Trinajstić information content (AvgIpc) is 2.65. The highest BCUT2D eigenvalue weighted by Gasteiger charge is 2.06. The summed E-state index contributed by atoms with van der Waals surface area (Å²) in [7, 11) is 1.76. The van der Waals surface area contributed by atoms with Crippen molar-refractivity contribution >= 4 is 41.5 Å². The molecule has 0 bridgehead atoms. The number of aliphatic imine (C=N–C) groups is 1. The maximum Gasteiger partial charge on any atom is 0.191 e. The van der Waals surface area contributed by atoms with Gasteiger partial charge in [-0.1, -0.05) is 49.7 Å². The van der Waals surface area contributed by atoms with Crippen LogP contribution in [-0.2, 0) is 6.42 Å². The minimum Gasteiger partial charge on any atom is -0.491 e. The smallest absolute Gasteiger partial charge is 0.191 e. The van der Waals surface area contributed by atoms with E-state index in [1.807, 2.05) is 24.3 Å². The minimum atomic E-state index is 0. The standard InChI is InChI=1S/C20H27ClN4O.HI/c1-15(2)17-6-4-5-7-18(17)26-13-12-24-20(22-3)23-11-10-16-8-9-19(21)25-14-16;/h4-9,14-15H,10-13H2,1-3H3,(H2,22,23,24);1H. The van der Waals surface area contributed by atoms with Gasteiger partial charge in [0.15, 0.2) is 5.96 Å². The second-order valence-electron chi connectivity index (χ2n) is 6.21. The van der Waals surface area contributed by atoms with Gasteiger partial charge < -0.3 is 15.4 Å². The molecule has 0 aliphatic heterocycles. The number of halogens is 2. The molecule has 1 aromatic carbocycles. The van der Waals surface area contributed by atoms with E-state index in [1.54, 1.807) is 19.3 Å². The van der Waals surface area contributed by atoms with Gasteiger partial charge in [0, 0.05) is 19.8 Å². The molecule has 0 aliphatic rings. The molecule has 0 radical (unpaired) electrons. The van der Waals surface area contributed by atoms with Crippen LogP contribution in [0.1, 0.15) is 30.9 Å². The highest BCUT2D eigenvalue weighted by atomic mass is 127. The number of benzene rings is 1. The summed E-state index contributed by atoms with van der Waals surface area (Å²) in [5, 5.41) is 7.06. The van der Waals surface area contributed by atoms with Crippen LogP contribution < -0.4 is 15.4 Å². The molecular weight excluding hydrogens is 475 g/mol. The Kier molecular flexibility index (Phi) is 11.1. The van der Waals surface area contributed by atoms with Crippen LogP contribution in [0.5, 0.6) is 5.75 Å². The van der Waals surface area contributed by atoms with Crippen molar-refractivity contribution in [1.29, 1.82) is 0 Å². The lowest BCUT2D eigenvalue weighted by Crippen LogP contribution is -2.40. The van der Waals surface area contributed by atoms with Crippen LogP contribution in [0, 0.1) is 0 Å². The highest BCUT2D eigenvalue weighted by Crippen LogP contribution is 2.25. The van der Waals surface area contributed by atoms with E-state index in [0.717, 1.165) is 30.2 Å². The van der Waals surface area contributed by atoms with Gasteiger partial charge in [-0.05, 0) is 35.6 Å². The lowest BCUT2D eigenvalue weighted by molar-refractivity contribution is 0.317. The van der Waals surface area contributed by atoms with E-state index in [9.17, 15) is 0 Å². The summed E-state index contributed by atoms with van der Waals surface area (Å²) < 4.78 is 5.91. The van der Waals surface area contributed by atoms with E-state index in [1.165, 1.54) is 5.56 Å². The summed E-state index contributed by atoms with van der Waals surface area (Å²) in [6.45, 7) is 6.35. The SMILES string of the molecule is CN=C(NCCOc1ccccc1C(C)C)NCCc1ccc(Cl)nc1.I. The Labute approximate surface area is 184 Å². The zero-order valence-electron chi connectivity index (χ0n) is 16.0. The predicted molar refractivity (Wildman–Crippen MR) is 124 cm³/mol. The van der Waals surface area contributed by atoms with Crippen molar-refractivity contribution in [2.24, 2.45) is 4.99 Å². The van der Waals surface area contributed by atoms with E-state index in [0.29, 0.717) is 24.2 Å². The molecule has 0 saturated heterocycles. The quantitative estimate of drug-likeness (QED) is 0.186. The van der Waals surface area contributed by atoms with Crippen molar-refractivity contribution < 1.29 is 4.74 Å². The van der Waals surface area contributed by atoms with Crippen molar-refractivity contribution in [3.8, 4) is 5.75 Å². The van der Waals surface area contributed by atoms with Crippen molar-refractivity contribution in [3.63, 3.8) is 0 Å². The lowest BCUT2D eigenvalue weighted by Gasteiger charge is -2.15. The van der Waals surface area contributed by atoms with Crippen LogP contribution in [0.4, 0.5) is 0 Å². The molecule has 2 rings (SSSR count). The van der Waals surface area contributed by atoms with E-state index in [-0.39, 0.29) is 24.0 Å². The molecule has 0 saturated carbocycles. The molecule has 2 N–H and O–H groups in total. The van der Waals surface area contributed by atoms with Gasteiger partial charge >= 0.3 is 0 Å². The molecular formula is C20H28ClIN4O. The Hall–Kier alpha value is -1.54. The Morgan fingerprint density at radius 3 is 2.56 bits per heavy atom. The molecule has 0 spiro atoms. The van der Waals surface area contributed by atoms with E-state index < -0.39 is 0 Å². The second-order valence-corrected chi connectivity index (χ2v) is 6.59. The molecule has 0 fully saturated rings. The van der Waals surface area contributed by atoms with Gasteiger partial charge in [-0.2, -0.15) is 0 Å². The summed E-state index contributed by atoms with van der Waals surface area (Å²) in [5.74, 6) is 2.14. The fourth-order valence-electron chi connectivity index (χ4n) is 2.52. The van der Waals surface area contributed by atoms with Crippen molar-refractivity contribution in [1.82, 2.24) is 15.6 Å². The maximum absolute atomic E-state index is 5.91. The molecule has 0 aliphatic carbocycles. The molecule has 1 aromatic heterocycles. The van der Waals surface area contributed by atoms with Crippen molar-refractivity contribution in [3.05, 3.63) is 58.9 Å². The van der Waals surface area contributed by atoms with Crippen LogP contribution in [0.25, 0.3) is 0 Å². The molecule has 5 nitrogen and oxygen atoms in total. The zero-order chi connectivity index (χ0) is 18.8. The number of guanidine groups is 1. The van der Waals surface area contributed by atoms with E-state index >= 15 is 0 Å². The molecule has 148 valence electrons. The first kappa shape index (κ1) is 23.5. The van der Waals surface area contributed by atoms with Crippen molar-refractivity contribution in [2.75, 3.05) is 26.7 Å². The molecule has 0 atom stereocenters. The summed E-state index contributed by atoms with van der Waals surface area (Å²) in [4.78, 5) is 8.31. The third-order valence-electron chi connectivity index (χ3n) is 3.91. The molecule has 2 aromatic rings. The first-order chi connectivity index (χ1) is 12.6. The number of hydrogen-bond donors (Lipinski definition) is 2.